The Hall–Kier alpha value is -1.42. The number of halogens is 1. The van der Waals surface area contributed by atoms with Crippen LogP contribution in [0.3, 0.4) is 0 Å². The smallest absolute Gasteiger partial charge is 0.282 e. The summed E-state index contributed by atoms with van der Waals surface area (Å²) in [5.74, 6) is 0. The molecule has 1 unspecified atom stereocenters. The van der Waals surface area contributed by atoms with E-state index in [-0.39, 0.29) is 6.04 Å². The molecule has 1 heterocycles. The van der Waals surface area contributed by atoms with E-state index in [0.29, 0.717) is 18.7 Å². The van der Waals surface area contributed by atoms with Crippen molar-refractivity contribution in [3.63, 3.8) is 0 Å². The number of benzene rings is 1. The third-order valence-corrected chi connectivity index (χ3v) is 3.17. The summed E-state index contributed by atoms with van der Waals surface area (Å²) in [5.41, 5.74) is 6.66. The van der Waals surface area contributed by atoms with Crippen molar-refractivity contribution in [2.75, 3.05) is 18.1 Å². The van der Waals surface area contributed by atoms with Gasteiger partial charge in [-0.05, 0) is 38.1 Å². The van der Waals surface area contributed by atoms with Crippen molar-refractivity contribution < 1.29 is 4.74 Å². The first-order valence-electron chi connectivity index (χ1n) is 6.04. The Morgan fingerprint density at radius 3 is 2.61 bits per heavy atom. The predicted octanol–water partition coefficient (Wildman–Crippen LogP) is 2.27. The van der Waals surface area contributed by atoms with Crippen LogP contribution in [0.4, 0.5) is 5.69 Å². The van der Waals surface area contributed by atoms with E-state index in [1.54, 1.807) is 0 Å². The molecule has 0 aromatic heterocycles. The molecule has 0 saturated carbocycles. The number of anilines is 1. The van der Waals surface area contributed by atoms with Gasteiger partial charge in [0.25, 0.3) is 6.02 Å². The topological polar surface area (TPSA) is 50.9 Å². The summed E-state index contributed by atoms with van der Waals surface area (Å²) in [6.45, 7) is 5.65. The van der Waals surface area contributed by atoms with Crippen LogP contribution < -0.4 is 10.6 Å². The quantitative estimate of drug-likeness (QED) is 0.910. The van der Waals surface area contributed by atoms with Crippen molar-refractivity contribution in [1.82, 2.24) is 0 Å². The summed E-state index contributed by atoms with van der Waals surface area (Å²) < 4.78 is 5.18. The van der Waals surface area contributed by atoms with Crippen LogP contribution in [0.5, 0.6) is 0 Å². The lowest BCUT2D eigenvalue weighted by Crippen LogP contribution is -2.37. The molecule has 2 N–H and O–H groups in total. The lowest BCUT2D eigenvalue weighted by Gasteiger charge is -2.30. The summed E-state index contributed by atoms with van der Waals surface area (Å²) >= 11 is 5.91. The number of hydrogen-bond acceptors (Lipinski definition) is 4. The average molecular weight is 268 g/mol. The number of nitrogens with two attached hydrogens (primary N) is 1. The van der Waals surface area contributed by atoms with E-state index in [9.17, 15) is 0 Å². The van der Waals surface area contributed by atoms with Gasteiger partial charge >= 0.3 is 0 Å². The number of aliphatic imine (C=N–C) groups is 1. The van der Waals surface area contributed by atoms with Gasteiger partial charge in [0.15, 0.2) is 0 Å². The molecule has 0 aliphatic carbocycles. The summed E-state index contributed by atoms with van der Waals surface area (Å²) in [6.07, 6.45) is 0. The lowest BCUT2D eigenvalue weighted by molar-refractivity contribution is 0.312. The van der Waals surface area contributed by atoms with E-state index < -0.39 is 0 Å². The molecule has 1 aromatic rings. The van der Waals surface area contributed by atoms with Crippen molar-refractivity contribution in [2.45, 2.75) is 25.9 Å². The summed E-state index contributed by atoms with van der Waals surface area (Å²) in [5, 5.41) is 0.744. The molecule has 98 valence electrons. The summed E-state index contributed by atoms with van der Waals surface area (Å²) in [4.78, 5) is 6.53. The lowest BCUT2D eigenvalue weighted by atomic mass is 10.2. The summed E-state index contributed by atoms with van der Waals surface area (Å²) in [7, 11) is 0. The van der Waals surface area contributed by atoms with E-state index in [2.05, 4.69) is 23.7 Å². The maximum Gasteiger partial charge on any atom is 0.282 e. The van der Waals surface area contributed by atoms with Crippen molar-refractivity contribution in [2.24, 2.45) is 10.7 Å². The van der Waals surface area contributed by atoms with Crippen LogP contribution in [0.2, 0.25) is 5.02 Å². The maximum atomic E-state index is 5.91. The van der Waals surface area contributed by atoms with Gasteiger partial charge in [-0.25, -0.2) is 4.99 Å². The normalized spacial score (nSPS) is 18.7. The number of nitrogens with zero attached hydrogens (tertiary/aromatic N) is 2. The van der Waals surface area contributed by atoms with Gasteiger partial charge in [0.1, 0.15) is 12.6 Å². The van der Waals surface area contributed by atoms with Crippen LogP contribution in [0, 0.1) is 0 Å². The van der Waals surface area contributed by atoms with Crippen LogP contribution in [0.25, 0.3) is 0 Å². The molecule has 0 saturated heterocycles. The Bertz CT molecular complexity index is 430. The fourth-order valence-corrected chi connectivity index (χ4v) is 2.13. The third-order valence-electron chi connectivity index (χ3n) is 2.92. The molecule has 0 radical (unpaired) electrons. The molecule has 0 fully saturated rings. The zero-order valence-corrected chi connectivity index (χ0v) is 11.4. The molecule has 0 bridgehead atoms. The molecule has 18 heavy (non-hydrogen) atoms. The second-order valence-corrected chi connectivity index (χ2v) is 5.09. The first-order chi connectivity index (χ1) is 8.56. The maximum absolute atomic E-state index is 5.91. The van der Waals surface area contributed by atoms with Crippen molar-refractivity contribution >= 4 is 23.3 Å². The van der Waals surface area contributed by atoms with Gasteiger partial charge in [0, 0.05) is 23.3 Å². The molecular formula is C13H18ClN3O. The molecule has 0 amide bonds. The van der Waals surface area contributed by atoms with Crippen molar-refractivity contribution in [3.05, 3.63) is 29.3 Å². The van der Waals surface area contributed by atoms with E-state index in [0.717, 1.165) is 17.3 Å². The predicted molar refractivity (Wildman–Crippen MR) is 75.3 cm³/mol. The molecule has 1 aromatic carbocycles. The van der Waals surface area contributed by atoms with E-state index in [1.807, 2.05) is 24.3 Å². The van der Waals surface area contributed by atoms with Crippen LogP contribution >= 0.6 is 11.6 Å². The number of hydrogen-bond donors (Lipinski definition) is 1. The standard InChI is InChI=1S/C13H18ClN3O/c1-9(2)17(7-11-8-18-13(15)16-11)12-5-3-10(14)4-6-12/h3-6,9,11H,7-8H2,1-2H3,(H2,15,16). The molecule has 1 aliphatic rings. The highest BCUT2D eigenvalue weighted by Crippen LogP contribution is 2.21. The molecule has 0 spiro atoms. The van der Waals surface area contributed by atoms with Gasteiger partial charge in [-0.15, -0.1) is 0 Å². The second-order valence-electron chi connectivity index (χ2n) is 4.65. The molecule has 2 rings (SSSR count). The second kappa shape index (κ2) is 5.48. The van der Waals surface area contributed by atoms with Gasteiger partial charge in [-0.1, -0.05) is 11.6 Å². The first kappa shape index (κ1) is 13.0. The summed E-state index contributed by atoms with van der Waals surface area (Å²) in [6, 6.07) is 8.60. The molecule has 4 nitrogen and oxygen atoms in total. The van der Waals surface area contributed by atoms with Gasteiger partial charge in [-0.3, -0.25) is 0 Å². The third kappa shape index (κ3) is 3.07. The van der Waals surface area contributed by atoms with Gasteiger partial charge < -0.3 is 15.4 Å². The largest absolute Gasteiger partial charge is 0.463 e. The van der Waals surface area contributed by atoms with Crippen molar-refractivity contribution in [3.8, 4) is 0 Å². The Labute approximate surface area is 112 Å². The number of ether oxygens (including phenoxy) is 1. The Kier molecular flexibility index (Phi) is 3.97. The molecule has 5 heteroatoms. The fourth-order valence-electron chi connectivity index (χ4n) is 2.00. The molecule has 1 atom stereocenters. The Morgan fingerprint density at radius 1 is 1.44 bits per heavy atom. The van der Waals surface area contributed by atoms with E-state index in [4.69, 9.17) is 22.1 Å². The monoisotopic (exact) mass is 267 g/mol. The van der Waals surface area contributed by atoms with Gasteiger partial charge in [-0.2, -0.15) is 0 Å². The van der Waals surface area contributed by atoms with Crippen LogP contribution in [-0.4, -0.2) is 31.3 Å². The SMILES string of the molecule is CC(C)N(CC1COC(N)=N1)c1ccc(Cl)cc1. The zero-order valence-electron chi connectivity index (χ0n) is 10.6. The first-order valence-corrected chi connectivity index (χ1v) is 6.42. The minimum Gasteiger partial charge on any atom is -0.463 e. The zero-order chi connectivity index (χ0) is 13.1. The highest BCUT2D eigenvalue weighted by Gasteiger charge is 2.21. The highest BCUT2D eigenvalue weighted by atomic mass is 35.5. The van der Waals surface area contributed by atoms with E-state index >= 15 is 0 Å². The van der Waals surface area contributed by atoms with Crippen LogP contribution in [-0.2, 0) is 4.74 Å². The minimum atomic E-state index is 0.100. The van der Waals surface area contributed by atoms with Gasteiger partial charge in [0.2, 0.25) is 0 Å². The average Bonchev–Trinajstić information content (AvgIpc) is 2.73. The van der Waals surface area contributed by atoms with Crippen LogP contribution in [0.1, 0.15) is 13.8 Å². The minimum absolute atomic E-state index is 0.100. The highest BCUT2D eigenvalue weighted by molar-refractivity contribution is 6.30. The Balaban J connectivity index is 2.11. The van der Waals surface area contributed by atoms with Gasteiger partial charge in [0.05, 0.1) is 0 Å². The number of rotatable bonds is 4. The molecule has 1 aliphatic heterocycles. The fraction of sp³-hybridized carbons (Fsp3) is 0.462. The van der Waals surface area contributed by atoms with Crippen molar-refractivity contribution in [1.29, 1.82) is 0 Å². The Morgan fingerprint density at radius 2 is 2.11 bits per heavy atom. The number of amidine groups is 1. The van der Waals surface area contributed by atoms with E-state index in [1.165, 1.54) is 0 Å². The van der Waals surface area contributed by atoms with Crippen LogP contribution in [0.15, 0.2) is 29.3 Å². The molecular weight excluding hydrogens is 250 g/mol.